The molecule has 1 heterocycles. The minimum absolute atomic E-state index is 0.120. The van der Waals surface area contributed by atoms with Crippen LogP contribution in [-0.2, 0) is 23.7 Å². The number of unbranched alkanes of at least 4 members (excludes halogenated alkanes) is 3. The summed E-state index contributed by atoms with van der Waals surface area (Å²) in [5, 5.41) is 0. The van der Waals surface area contributed by atoms with E-state index in [4.69, 9.17) is 23.7 Å². The molecule has 1 aliphatic rings. The molecule has 1 saturated heterocycles. The summed E-state index contributed by atoms with van der Waals surface area (Å²) >= 11 is 0. The molecule has 0 bridgehead atoms. The molecular weight excluding hydrogens is 296 g/mol. The third kappa shape index (κ3) is 7.48. The standard InChI is InChI=1S/C18H36O5/c1-5-8-11-20-14-15-16(21-12-9-6-2)17(18(19-4)23-15)22-13-10-7-3/h15-18H,5-14H2,1-4H3/t15-,16-,17+,18+/m1/s1. The van der Waals surface area contributed by atoms with Crippen molar-refractivity contribution >= 4 is 0 Å². The number of methoxy groups -OCH3 is 1. The molecule has 0 spiro atoms. The fourth-order valence-corrected chi connectivity index (χ4v) is 2.57. The summed E-state index contributed by atoms with van der Waals surface area (Å²) in [7, 11) is 1.66. The molecule has 0 aliphatic carbocycles. The van der Waals surface area contributed by atoms with Crippen LogP contribution in [0.5, 0.6) is 0 Å². The molecule has 4 atom stereocenters. The van der Waals surface area contributed by atoms with Gasteiger partial charge in [-0.25, -0.2) is 0 Å². The lowest BCUT2D eigenvalue weighted by Crippen LogP contribution is -2.40. The summed E-state index contributed by atoms with van der Waals surface area (Å²) in [5.41, 5.74) is 0. The zero-order valence-electron chi connectivity index (χ0n) is 15.4. The van der Waals surface area contributed by atoms with E-state index < -0.39 is 0 Å². The van der Waals surface area contributed by atoms with Gasteiger partial charge in [0.25, 0.3) is 0 Å². The Kier molecular flexibility index (Phi) is 11.9. The summed E-state index contributed by atoms with van der Waals surface area (Å²) in [6.07, 6.45) is 5.69. The lowest BCUT2D eigenvalue weighted by molar-refractivity contribution is -0.168. The minimum Gasteiger partial charge on any atom is -0.379 e. The third-order valence-electron chi connectivity index (χ3n) is 4.04. The van der Waals surface area contributed by atoms with Crippen molar-refractivity contribution in [2.24, 2.45) is 0 Å². The molecule has 1 aliphatic heterocycles. The maximum atomic E-state index is 6.08. The van der Waals surface area contributed by atoms with Crippen LogP contribution in [-0.4, -0.2) is 58.1 Å². The van der Waals surface area contributed by atoms with E-state index in [0.717, 1.165) is 51.7 Å². The second-order valence-electron chi connectivity index (χ2n) is 6.09. The van der Waals surface area contributed by atoms with Crippen LogP contribution in [0.3, 0.4) is 0 Å². The van der Waals surface area contributed by atoms with Crippen LogP contribution in [0.2, 0.25) is 0 Å². The molecule has 0 aromatic heterocycles. The van der Waals surface area contributed by atoms with E-state index in [-0.39, 0.29) is 24.6 Å². The van der Waals surface area contributed by atoms with Crippen LogP contribution in [0.25, 0.3) is 0 Å². The highest BCUT2D eigenvalue weighted by Gasteiger charge is 2.46. The molecule has 5 heteroatoms. The Bertz CT molecular complexity index is 274. The molecule has 0 N–H and O–H groups in total. The predicted molar refractivity (Wildman–Crippen MR) is 90.7 cm³/mol. The summed E-state index contributed by atoms with van der Waals surface area (Å²) in [5.74, 6) is 0. The molecule has 0 amide bonds. The monoisotopic (exact) mass is 332 g/mol. The van der Waals surface area contributed by atoms with Crippen molar-refractivity contribution < 1.29 is 23.7 Å². The Balaban J connectivity index is 2.57. The molecular formula is C18H36O5. The maximum absolute atomic E-state index is 6.08. The zero-order chi connectivity index (χ0) is 16.9. The van der Waals surface area contributed by atoms with Gasteiger partial charge in [0.1, 0.15) is 18.3 Å². The average Bonchev–Trinajstić information content (AvgIpc) is 2.89. The number of hydrogen-bond donors (Lipinski definition) is 0. The van der Waals surface area contributed by atoms with Crippen LogP contribution >= 0.6 is 0 Å². The van der Waals surface area contributed by atoms with Gasteiger partial charge in [-0.05, 0) is 19.3 Å². The van der Waals surface area contributed by atoms with E-state index in [2.05, 4.69) is 20.8 Å². The van der Waals surface area contributed by atoms with Gasteiger partial charge in [-0.15, -0.1) is 0 Å². The van der Waals surface area contributed by atoms with Crippen molar-refractivity contribution in [3.63, 3.8) is 0 Å². The quantitative estimate of drug-likeness (QED) is 0.455. The first kappa shape index (κ1) is 20.8. The largest absolute Gasteiger partial charge is 0.379 e. The van der Waals surface area contributed by atoms with Gasteiger partial charge in [-0.3, -0.25) is 0 Å². The maximum Gasteiger partial charge on any atom is 0.186 e. The minimum atomic E-state index is -0.377. The van der Waals surface area contributed by atoms with Crippen LogP contribution in [0, 0.1) is 0 Å². The molecule has 0 radical (unpaired) electrons. The Labute approximate surface area is 142 Å². The van der Waals surface area contributed by atoms with Gasteiger partial charge in [0.05, 0.1) is 6.61 Å². The number of hydrogen-bond acceptors (Lipinski definition) is 5. The molecule has 138 valence electrons. The van der Waals surface area contributed by atoms with E-state index in [1.54, 1.807) is 7.11 Å². The van der Waals surface area contributed by atoms with Crippen molar-refractivity contribution in [1.29, 1.82) is 0 Å². The van der Waals surface area contributed by atoms with E-state index in [1.165, 1.54) is 0 Å². The van der Waals surface area contributed by atoms with Crippen LogP contribution < -0.4 is 0 Å². The Hall–Kier alpha value is -0.200. The second kappa shape index (κ2) is 13.1. The fourth-order valence-electron chi connectivity index (χ4n) is 2.57. The summed E-state index contributed by atoms with van der Waals surface area (Å²) in [6, 6.07) is 0. The first-order valence-corrected chi connectivity index (χ1v) is 9.27. The Morgan fingerprint density at radius 2 is 1.35 bits per heavy atom. The lowest BCUT2D eigenvalue weighted by atomic mass is 10.1. The highest BCUT2D eigenvalue weighted by atomic mass is 16.7. The Morgan fingerprint density at radius 1 is 0.783 bits per heavy atom. The molecule has 0 aromatic rings. The summed E-state index contributed by atoms with van der Waals surface area (Å²) in [4.78, 5) is 0. The van der Waals surface area contributed by atoms with Gasteiger partial charge >= 0.3 is 0 Å². The van der Waals surface area contributed by atoms with E-state index in [9.17, 15) is 0 Å². The average molecular weight is 332 g/mol. The molecule has 1 rings (SSSR count). The fraction of sp³-hybridized carbons (Fsp3) is 1.00. The van der Waals surface area contributed by atoms with Crippen molar-refractivity contribution in [3.8, 4) is 0 Å². The molecule has 1 fully saturated rings. The molecule has 0 unspecified atom stereocenters. The van der Waals surface area contributed by atoms with Crippen LogP contribution in [0.15, 0.2) is 0 Å². The number of ether oxygens (including phenoxy) is 5. The molecule has 23 heavy (non-hydrogen) atoms. The van der Waals surface area contributed by atoms with Crippen molar-refractivity contribution in [2.45, 2.75) is 83.9 Å². The van der Waals surface area contributed by atoms with Crippen molar-refractivity contribution in [3.05, 3.63) is 0 Å². The number of rotatable bonds is 14. The van der Waals surface area contributed by atoms with Gasteiger partial charge < -0.3 is 23.7 Å². The zero-order valence-corrected chi connectivity index (χ0v) is 15.4. The lowest BCUT2D eigenvalue weighted by Gasteiger charge is -2.24. The first-order valence-electron chi connectivity index (χ1n) is 9.27. The van der Waals surface area contributed by atoms with Gasteiger partial charge in [0.2, 0.25) is 0 Å². The third-order valence-corrected chi connectivity index (χ3v) is 4.04. The van der Waals surface area contributed by atoms with Crippen LogP contribution in [0.1, 0.15) is 59.3 Å². The highest BCUT2D eigenvalue weighted by Crippen LogP contribution is 2.28. The van der Waals surface area contributed by atoms with E-state index in [0.29, 0.717) is 13.2 Å². The SMILES string of the molecule is CCCCOC[C@H]1O[C@H](OC)[C@@H](OCCCC)[C@@H]1OCCCC. The molecule has 0 aromatic carbocycles. The molecule has 5 nitrogen and oxygen atoms in total. The van der Waals surface area contributed by atoms with Crippen molar-refractivity contribution in [1.82, 2.24) is 0 Å². The topological polar surface area (TPSA) is 46.2 Å². The summed E-state index contributed by atoms with van der Waals surface area (Å²) < 4.78 is 29.3. The van der Waals surface area contributed by atoms with Gasteiger partial charge in [-0.1, -0.05) is 40.0 Å². The first-order chi connectivity index (χ1) is 11.3. The van der Waals surface area contributed by atoms with E-state index in [1.807, 2.05) is 0 Å². The highest BCUT2D eigenvalue weighted by molar-refractivity contribution is 4.89. The predicted octanol–water partition coefficient (Wildman–Crippen LogP) is 3.55. The van der Waals surface area contributed by atoms with Crippen molar-refractivity contribution in [2.75, 3.05) is 33.5 Å². The second-order valence-corrected chi connectivity index (χ2v) is 6.09. The normalized spacial score (nSPS) is 27.7. The molecule has 0 saturated carbocycles. The smallest absolute Gasteiger partial charge is 0.186 e. The van der Waals surface area contributed by atoms with Gasteiger partial charge in [0.15, 0.2) is 6.29 Å². The summed E-state index contributed by atoms with van der Waals surface area (Å²) in [6.45, 7) is 9.20. The van der Waals surface area contributed by atoms with E-state index >= 15 is 0 Å². The van der Waals surface area contributed by atoms with Gasteiger partial charge in [0, 0.05) is 26.9 Å². The van der Waals surface area contributed by atoms with Gasteiger partial charge in [-0.2, -0.15) is 0 Å². The van der Waals surface area contributed by atoms with Crippen LogP contribution in [0.4, 0.5) is 0 Å². The Morgan fingerprint density at radius 3 is 1.91 bits per heavy atom.